The lowest BCUT2D eigenvalue weighted by Crippen LogP contribution is -2.50. The first kappa shape index (κ1) is 25.7. The summed E-state index contributed by atoms with van der Waals surface area (Å²) in [7, 11) is -0.734. The van der Waals surface area contributed by atoms with Crippen LogP contribution in [0.25, 0.3) is 0 Å². The maximum atomic E-state index is 13.3. The zero-order valence-electron chi connectivity index (χ0n) is 18.8. The lowest BCUT2D eigenvalue weighted by Gasteiger charge is -2.31. The summed E-state index contributed by atoms with van der Waals surface area (Å²) in [4.78, 5) is 27.0. The minimum Gasteiger partial charge on any atom is -0.497 e. The Morgan fingerprint density at radius 2 is 1.88 bits per heavy atom. The van der Waals surface area contributed by atoms with E-state index in [2.05, 4.69) is 21.2 Å². The molecule has 2 aromatic carbocycles. The summed E-state index contributed by atoms with van der Waals surface area (Å²) in [6.07, 6.45) is 1.05. The predicted octanol–water partition coefficient (Wildman–Crippen LogP) is 2.70. The van der Waals surface area contributed by atoms with Gasteiger partial charge >= 0.3 is 0 Å². The highest BCUT2D eigenvalue weighted by atomic mass is 79.9. The summed E-state index contributed by atoms with van der Waals surface area (Å²) in [5.41, 5.74) is 1.95. The summed E-state index contributed by atoms with van der Waals surface area (Å²) >= 11 is 3.40. The number of likely N-dealkylation sites (N-methyl/N-ethyl adjacent to an activating group) is 1. The third-order valence-corrected chi connectivity index (χ3v) is 7.04. The number of benzene rings is 2. The van der Waals surface area contributed by atoms with E-state index in [-0.39, 0.29) is 12.5 Å². The van der Waals surface area contributed by atoms with E-state index in [9.17, 15) is 18.0 Å². The van der Waals surface area contributed by atoms with E-state index in [0.717, 1.165) is 26.2 Å². The molecule has 0 bridgehead atoms. The van der Waals surface area contributed by atoms with E-state index in [4.69, 9.17) is 4.74 Å². The number of methoxy groups -OCH3 is 1. The van der Waals surface area contributed by atoms with Crippen LogP contribution in [0.5, 0.6) is 5.75 Å². The molecule has 0 aliphatic rings. The zero-order valence-corrected chi connectivity index (χ0v) is 21.2. The van der Waals surface area contributed by atoms with E-state index in [1.165, 1.54) is 11.9 Å². The number of rotatable bonds is 9. The second kappa shape index (κ2) is 10.8. The number of nitrogens with zero attached hydrogens (tertiary/aromatic N) is 2. The Morgan fingerprint density at radius 3 is 2.44 bits per heavy atom. The molecule has 0 fully saturated rings. The molecule has 2 rings (SSSR count). The smallest absolute Gasteiger partial charge is 0.244 e. The fraction of sp³-hybridized carbons (Fsp3) is 0.364. The molecule has 0 unspecified atom stereocenters. The van der Waals surface area contributed by atoms with Crippen molar-refractivity contribution in [2.45, 2.75) is 26.4 Å². The SMILES string of the molecule is CNC(=O)[C@H](C)N(Cc1cccc(OC)c1)C(=O)CN(c1ccc(Br)c(C)c1)S(C)(=O)=O. The first-order chi connectivity index (χ1) is 15.0. The Kier molecular flexibility index (Phi) is 8.68. The molecule has 0 radical (unpaired) electrons. The minimum atomic E-state index is -3.76. The number of hydrogen-bond donors (Lipinski definition) is 1. The number of carbonyl (C=O) groups excluding carboxylic acids is 2. The number of carbonyl (C=O) groups is 2. The lowest BCUT2D eigenvalue weighted by atomic mass is 10.1. The van der Waals surface area contributed by atoms with E-state index in [0.29, 0.717) is 11.4 Å². The second-order valence-electron chi connectivity index (χ2n) is 7.37. The number of hydrogen-bond acceptors (Lipinski definition) is 5. The van der Waals surface area contributed by atoms with Crippen molar-refractivity contribution in [1.29, 1.82) is 0 Å². The van der Waals surface area contributed by atoms with Gasteiger partial charge in [0, 0.05) is 18.1 Å². The predicted molar refractivity (Wildman–Crippen MR) is 128 cm³/mol. The van der Waals surface area contributed by atoms with Gasteiger partial charge in [-0.2, -0.15) is 0 Å². The van der Waals surface area contributed by atoms with Gasteiger partial charge in [0.05, 0.1) is 19.1 Å². The van der Waals surface area contributed by atoms with Gasteiger partial charge in [0.15, 0.2) is 0 Å². The van der Waals surface area contributed by atoms with Crippen LogP contribution in [0.1, 0.15) is 18.1 Å². The van der Waals surface area contributed by atoms with Crippen molar-refractivity contribution in [3.8, 4) is 5.75 Å². The van der Waals surface area contributed by atoms with E-state index < -0.39 is 28.5 Å². The molecule has 1 N–H and O–H groups in total. The number of sulfonamides is 1. The molecule has 174 valence electrons. The zero-order chi connectivity index (χ0) is 24.1. The number of halogens is 1. The van der Waals surface area contributed by atoms with Crippen LogP contribution >= 0.6 is 15.9 Å². The topological polar surface area (TPSA) is 96.0 Å². The molecule has 0 aromatic heterocycles. The van der Waals surface area contributed by atoms with Crippen LogP contribution in [0.15, 0.2) is 46.9 Å². The summed E-state index contributed by atoms with van der Waals surface area (Å²) in [5.74, 6) is -0.243. The van der Waals surface area contributed by atoms with Crippen molar-refractivity contribution >= 4 is 43.5 Å². The van der Waals surface area contributed by atoms with Crippen molar-refractivity contribution in [1.82, 2.24) is 10.2 Å². The summed E-state index contributed by atoms with van der Waals surface area (Å²) in [6.45, 7) is 3.11. The van der Waals surface area contributed by atoms with Gasteiger partial charge in [-0.3, -0.25) is 13.9 Å². The molecular weight excluding hydrogens is 498 g/mol. The average molecular weight is 526 g/mol. The molecule has 0 aliphatic carbocycles. The first-order valence-corrected chi connectivity index (χ1v) is 12.5. The van der Waals surface area contributed by atoms with Crippen LogP contribution in [0.3, 0.4) is 0 Å². The van der Waals surface area contributed by atoms with E-state index in [1.54, 1.807) is 50.4 Å². The van der Waals surface area contributed by atoms with Gasteiger partial charge in [0.1, 0.15) is 18.3 Å². The first-order valence-electron chi connectivity index (χ1n) is 9.85. The third-order valence-electron chi connectivity index (χ3n) is 5.01. The van der Waals surface area contributed by atoms with Crippen LogP contribution in [0.4, 0.5) is 5.69 Å². The molecule has 0 aliphatic heterocycles. The minimum absolute atomic E-state index is 0.113. The van der Waals surface area contributed by atoms with Crippen LogP contribution in [0, 0.1) is 6.92 Å². The van der Waals surface area contributed by atoms with Gasteiger partial charge < -0.3 is 15.0 Å². The highest BCUT2D eigenvalue weighted by Gasteiger charge is 2.29. The average Bonchev–Trinajstić information content (AvgIpc) is 2.75. The van der Waals surface area contributed by atoms with Crippen LogP contribution in [-0.4, -0.2) is 58.1 Å². The Bertz CT molecular complexity index is 1090. The quantitative estimate of drug-likeness (QED) is 0.542. The van der Waals surface area contributed by atoms with Gasteiger partial charge in [-0.05, 0) is 55.3 Å². The fourth-order valence-electron chi connectivity index (χ4n) is 3.16. The molecule has 2 aromatic rings. The maximum absolute atomic E-state index is 13.3. The highest BCUT2D eigenvalue weighted by Crippen LogP contribution is 2.25. The maximum Gasteiger partial charge on any atom is 0.244 e. The molecule has 0 saturated carbocycles. The van der Waals surface area contributed by atoms with Gasteiger partial charge in [-0.25, -0.2) is 8.42 Å². The molecule has 0 spiro atoms. The Balaban J connectivity index is 2.41. The normalized spacial score (nSPS) is 12.1. The number of aryl methyl sites for hydroxylation is 1. The van der Waals surface area contributed by atoms with E-state index in [1.807, 2.05) is 13.0 Å². The van der Waals surface area contributed by atoms with Gasteiger partial charge in [-0.15, -0.1) is 0 Å². The number of ether oxygens (including phenoxy) is 1. The van der Waals surface area contributed by atoms with Crippen LogP contribution < -0.4 is 14.4 Å². The summed E-state index contributed by atoms with van der Waals surface area (Å²) in [6, 6.07) is 11.4. The van der Waals surface area contributed by atoms with Gasteiger partial charge in [0.2, 0.25) is 21.8 Å². The monoisotopic (exact) mass is 525 g/mol. The lowest BCUT2D eigenvalue weighted by molar-refractivity contribution is -0.139. The summed E-state index contributed by atoms with van der Waals surface area (Å²) in [5, 5.41) is 2.54. The van der Waals surface area contributed by atoms with Gasteiger partial charge in [-0.1, -0.05) is 28.1 Å². The largest absolute Gasteiger partial charge is 0.497 e. The van der Waals surface area contributed by atoms with Crippen molar-refractivity contribution in [3.05, 3.63) is 58.1 Å². The summed E-state index contributed by atoms with van der Waals surface area (Å²) < 4.78 is 32.2. The highest BCUT2D eigenvalue weighted by molar-refractivity contribution is 9.10. The molecule has 0 heterocycles. The molecular formula is C22H28BrN3O5S. The van der Waals surface area contributed by atoms with Crippen LogP contribution in [0.2, 0.25) is 0 Å². The van der Waals surface area contributed by atoms with Crippen molar-refractivity contribution in [3.63, 3.8) is 0 Å². The van der Waals surface area contributed by atoms with Crippen molar-refractivity contribution in [2.24, 2.45) is 0 Å². The molecule has 8 nitrogen and oxygen atoms in total. The Hall–Kier alpha value is -2.59. The Morgan fingerprint density at radius 1 is 1.19 bits per heavy atom. The molecule has 10 heteroatoms. The third kappa shape index (κ3) is 6.46. The van der Waals surface area contributed by atoms with Crippen LogP contribution in [-0.2, 0) is 26.2 Å². The standard InChI is InChI=1S/C22H28BrN3O5S/c1-15-11-18(9-10-20(15)23)26(32(5,29)30)14-21(27)25(16(2)22(28)24-3)13-17-7-6-8-19(12-17)31-4/h6-12,16H,13-14H2,1-5H3,(H,24,28)/t16-/m0/s1. The van der Waals surface area contributed by atoms with Gasteiger partial charge in [0.25, 0.3) is 0 Å². The second-order valence-corrected chi connectivity index (χ2v) is 10.1. The van der Waals surface area contributed by atoms with Crippen molar-refractivity contribution < 1.29 is 22.7 Å². The number of nitrogens with one attached hydrogen (secondary N) is 1. The number of amides is 2. The number of anilines is 1. The Labute approximate surface area is 197 Å². The fourth-order valence-corrected chi connectivity index (χ4v) is 4.24. The molecule has 1 atom stereocenters. The van der Waals surface area contributed by atoms with E-state index >= 15 is 0 Å². The molecule has 2 amide bonds. The van der Waals surface area contributed by atoms with Crippen molar-refractivity contribution in [2.75, 3.05) is 31.3 Å². The molecule has 32 heavy (non-hydrogen) atoms. The molecule has 0 saturated heterocycles.